The van der Waals surface area contributed by atoms with Crippen molar-refractivity contribution in [1.29, 1.82) is 0 Å². The van der Waals surface area contributed by atoms with Crippen molar-refractivity contribution in [3.05, 3.63) is 53.7 Å². The Labute approximate surface area is 139 Å². The lowest BCUT2D eigenvalue weighted by atomic mass is 9.94. The highest BCUT2D eigenvalue weighted by Crippen LogP contribution is 2.24. The van der Waals surface area contributed by atoms with Gasteiger partial charge in [-0.3, -0.25) is 9.79 Å². The normalized spacial score (nSPS) is 16.5. The summed E-state index contributed by atoms with van der Waals surface area (Å²) in [4.78, 5) is 17.4. The molecule has 2 rings (SSSR count). The fourth-order valence-corrected chi connectivity index (χ4v) is 3.22. The summed E-state index contributed by atoms with van der Waals surface area (Å²) >= 11 is 0. The lowest BCUT2D eigenvalue weighted by Gasteiger charge is -2.31. The molecule has 1 aromatic carbocycles. The number of amides is 1. The largest absolute Gasteiger partial charge is 0.338 e. The van der Waals surface area contributed by atoms with E-state index in [4.69, 9.17) is 0 Å². The molecule has 1 fully saturated rings. The number of benzene rings is 1. The Morgan fingerprint density at radius 3 is 2.78 bits per heavy atom. The Morgan fingerprint density at radius 2 is 2.13 bits per heavy atom. The van der Waals surface area contributed by atoms with Crippen molar-refractivity contribution in [2.24, 2.45) is 4.99 Å². The van der Waals surface area contributed by atoms with Gasteiger partial charge in [0, 0.05) is 18.8 Å². The third-order valence-corrected chi connectivity index (χ3v) is 4.38. The Hall–Kier alpha value is -2.16. The van der Waals surface area contributed by atoms with Gasteiger partial charge >= 0.3 is 0 Å². The summed E-state index contributed by atoms with van der Waals surface area (Å²) in [5, 5.41) is 0. The fraction of sp³-hybridized carbons (Fsp3) is 0.400. The lowest BCUT2D eigenvalue weighted by Crippen LogP contribution is -2.35. The number of allylic oxidation sites excluding steroid dienone is 3. The minimum absolute atomic E-state index is 0.394. The maximum absolute atomic E-state index is 11.5. The second-order valence-electron chi connectivity index (χ2n) is 6.04. The zero-order valence-corrected chi connectivity index (χ0v) is 13.9. The fourth-order valence-electron chi connectivity index (χ4n) is 3.22. The second-order valence-corrected chi connectivity index (χ2v) is 6.04. The molecule has 0 radical (unpaired) electrons. The molecule has 1 amide bonds. The van der Waals surface area contributed by atoms with E-state index in [-0.39, 0.29) is 0 Å². The van der Waals surface area contributed by atoms with Gasteiger partial charge in [-0.05, 0) is 49.2 Å². The zero-order chi connectivity index (χ0) is 16.5. The van der Waals surface area contributed by atoms with Crippen LogP contribution >= 0.6 is 0 Å². The molecule has 1 aromatic rings. The Balaban J connectivity index is 2.16. The SMILES string of the molecule is C=N/C=C(\C=C/C)c1cccc(CN(C=O)C2CCCCC2)c1. The van der Waals surface area contributed by atoms with Crippen molar-refractivity contribution in [1.82, 2.24) is 4.90 Å². The molecule has 122 valence electrons. The average molecular weight is 310 g/mol. The summed E-state index contributed by atoms with van der Waals surface area (Å²) in [6, 6.07) is 8.71. The molecule has 0 unspecified atom stereocenters. The molecule has 0 bridgehead atoms. The van der Waals surface area contributed by atoms with Crippen molar-refractivity contribution < 1.29 is 4.79 Å². The van der Waals surface area contributed by atoms with Gasteiger partial charge in [0.25, 0.3) is 0 Å². The van der Waals surface area contributed by atoms with E-state index in [0.29, 0.717) is 12.6 Å². The Morgan fingerprint density at radius 1 is 1.35 bits per heavy atom. The number of carbonyl (C=O) groups is 1. The summed E-state index contributed by atoms with van der Waals surface area (Å²) in [6.07, 6.45) is 12.8. The second kappa shape index (κ2) is 9.09. The standard InChI is InChI=1S/C20H26N2O/c1-3-8-19(14-21-2)18-10-7-9-17(13-18)15-22(16-23)20-11-5-4-6-12-20/h3,7-10,13-14,16,20H,2,4-6,11-12,15H2,1H3/b8-3-,19-14+. The average Bonchev–Trinajstić information content (AvgIpc) is 2.60. The van der Waals surface area contributed by atoms with Gasteiger partial charge in [0.2, 0.25) is 6.41 Å². The van der Waals surface area contributed by atoms with Gasteiger partial charge in [0.1, 0.15) is 0 Å². The van der Waals surface area contributed by atoms with Crippen LogP contribution in [0.2, 0.25) is 0 Å². The predicted octanol–water partition coefficient (Wildman–Crippen LogP) is 4.60. The topological polar surface area (TPSA) is 32.7 Å². The molecule has 0 spiro atoms. The summed E-state index contributed by atoms with van der Waals surface area (Å²) in [7, 11) is 0. The van der Waals surface area contributed by atoms with Crippen LogP contribution in [0.15, 0.2) is 47.6 Å². The van der Waals surface area contributed by atoms with E-state index in [9.17, 15) is 4.79 Å². The van der Waals surface area contributed by atoms with Crippen molar-refractivity contribution in [2.45, 2.75) is 51.6 Å². The first kappa shape index (κ1) is 17.2. The highest BCUT2D eigenvalue weighted by atomic mass is 16.1. The van der Waals surface area contributed by atoms with E-state index in [0.717, 1.165) is 36.0 Å². The van der Waals surface area contributed by atoms with E-state index < -0.39 is 0 Å². The first-order chi connectivity index (χ1) is 11.3. The van der Waals surface area contributed by atoms with E-state index in [1.54, 1.807) is 6.20 Å². The number of carbonyl (C=O) groups excluding carboxylic acids is 1. The van der Waals surface area contributed by atoms with Crippen LogP contribution in [0.4, 0.5) is 0 Å². The number of rotatable bonds is 7. The van der Waals surface area contributed by atoms with Crippen molar-refractivity contribution >= 4 is 18.7 Å². The maximum Gasteiger partial charge on any atom is 0.210 e. The molecule has 1 aliphatic carbocycles. The molecular formula is C20H26N2O. The van der Waals surface area contributed by atoms with Crippen LogP contribution < -0.4 is 0 Å². The van der Waals surface area contributed by atoms with E-state index in [2.05, 4.69) is 29.9 Å². The van der Waals surface area contributed by atoms with E-state index >= 15 is 0 Å². The quantitative estimate of drug-likeness (QED) is 0.412. The Kier molecular flexibility index (Phi) is 6.79. The van der Waals surface area contributed by atoms with E-state index in [1.807, 2.05) is 30.0 Å². The molecule has 0 saturated heterocycles. The summed E-state index contributed by atoms with van der Waals surface area (Å²) in [5.41, 5.74) is 3.28. The molecule has 1 saturated carbocycles. The number of hydrogen-bond donors (Lipinski definition) is 0. The first-order valence-electron chi connectivity index (χ1n) is 8.37. The number of hydrogen-bond acceptors (Lipinski definition) is 2. The van der Waals surface area contributed by atoms with Crippen LogP contribution in [0.1, 0.15) is 50.2 Å². The molecule has 23 heavy (non-hydrogen) atoms. The molecule has 0 atom stereocenters. The monoisotopic (exact) mass is 310 g/mol. The van der Waals surface area contributed by atoms with Crippen LogP contribution in [0, 0.1) is 0 Å². The smallest absolute Gasteiger partial charge is 0.210 e. The third kappa shape index (κ3) is 4.92. The van der Waals surface area contributed by atoms with Crippen molar-refractivity contribution in [2.75, 3.05) is 0 Å². The highest BCUT2D eigenvalue weighted by Gasteiger charge is 2.19. The van der Waals surface area contributed by atoms with E-state index in [1.165, 1.54) is 19.3 Å². The van der Waals surface area contributed by atoms with Gasteiger partial charge in [-0.25, -0.2) is 0 Å². The van der Waals surface area contributed by atoms with Crippen molar-refractivity contribution in [3.8, 4) is 0 Å². The zero-order valence-electron chi connectivity index (χ0n) is 13.9. The number of nitrogens with zero attached hydrogens (tertiary/aromatic N) is 2. The minimum atomic E-state index is 0.394. The molecule has 0 aromatic heterocycles. The molecule has 0 aliphatic heterocycles. The van der Waals surface area contributed by atoms with Gasteiger partial charge in [0.05, 0.1) is 0 Å². The van der Waals surface area contributed by atoms with Gasteiger partial charge < -0.3 is 4.90 Å². The summed E-state index contributed by atoms with van der Waals surface area (Å²) < 4.78 is 0. The van der Waals surface area contributed by atoms with Crippen molar-refractivity contribution in [3.63, 3.8) is 0 Å². The van der Waals surface area contributed by atoms with Gasteiger partial charge in [-0.1, -0.05) is 49.6 Å². The molecule has 3 nitrogen and oxygen atoms in total. The van der Waals surface area contributed by atoms with Crippen LogP contribution in [-0.4, -0.2) is 24.1 Å². The lowest BCUT2D eigenvalue weighted by molar-refractivity contribution is -0.121. The van der Waals surface area contributed by atoms with Crippen LogP contribution in [0.5, 0.6) is 0 Å². The molecule has 0 heterocycles. The molecular weight excluding hydrogens is 284 g/mol. The molecule has 0 N–H and O–H groups in total. The number of aliphatic imine (C=N–C) groups is 1. The highest BCUT2D eigenvalue weighted by molar-refractivity contribution is 5.74. The van der Waals surface area contributed by atoms with Gasteiger partial charge in [-0.15, -0.1) is 0 Å². The third-order valence-electron chi connectivity index (χ3n) is 4.38. The first-order valence-corrected chi connectivity index (χ1v) is 8.37. The molecule has 1 aliphatic rings. The maximum atomic E-state index is 11.5. The Bertz CT molecular complexity index is 583. The predicted molar refractivity (Wildman–Crippen MR) is 97.3 cm³/mol. The van der Waals surface area contributed by atoms with Crippen LogP contribution in [-0.2, 0) is 11.3 Å². The van der Waals surface area contributed by atoms with Crippen LogP contribution in [0.25, 0.3) is 5.57 Å². The summed E-state index contributed by atoms with van der Waals surface area (Å²) in [6.45, 7) is 6.20. The van der Waals surface area contributed by atoms with Gasteiger partial charge in [-0.2, -0.15) is 0 Å². The summed E-state index contributed by atoms with van der Waals surface area (Å²) in [5.74, 6) is 0. The molecule has 3 heteroatoms. The minimum Gasteiger partial charge on any atom is -0.338 e. The van der Waals surface area contributed by atoms with Crippen LogP contribution in [0.3, 0.4) is 0 Å². The van der Waals surface area contributed by atoms with Gasteiger partial charge in [0.15, 0.2) is 0 Å².